The highest BCUT2D eigenvalue weighted by molar-refractivity contribution is 5.80. The molecule has 0 saturated carbocycles. The minimum Gasteiger partial charge on any atom is -0.466 e. The van der Waals surface area contributed by atoms with Crippen molar-refractivity contribution in [1.82, 2.24) is 10.2 Å². The summed E-state index contributed by atoms with van der Waals surface area (Å²) in [6.07, 6.45) is 2.68. The Labute approximate surface area is 151 Å². The van der Waals surface area contributed by atoms with Crippen LogP contribution in [0.4, 0.5) is 0 Å². The van der Waals surface area contributed by atoms with Crippen LogP contribution in [-0.4, -0.2) is 43.1 Å². The summed E-state index contributed by atoms with van der Waals surface area (Å²) in [5.41, 5.74) is 2.63. The van der Waals surface area contributed by atoms with E-state index < -0.39 is 0 Å². The first-order valence-corrected chi connectivity index (χ1v) is 9.46. The van der Waals surface area contributed by atoms with Crippen LogP contribution in [0.1, 0.15) is 44.7 Å². The maximum Gasteiger partial charge on any atom is 0.309 e. The van der Waals surface area contributed by atoms with E-state index in [4.69, 9.17) is 9.73 Å². The Balaban J connectivity index is 2.00. The van der Waals surface area contributed by atoms with E-state index in [0.29, 0.717) is 13.2 Å². The molecule has 0 bridgehead atoms. The number of aryl methyl sites for hydroxylation is 1. The molecule has 0 spiro atoms. The Bertz CT molecular complexity index is 578. The lowest BCUT2D eigenvalue weighted by atomic mass is 9.97. The fourth-order valence-electron chi connectivity index (χ4n) is 3.23. The molecule has 1 aromatic carbocycles. The molecule has 0 amide bonds. The average molecular weight is 345 g/mol. The number of carbonyl (C=O) groups is 1. The van der Waals surface area contributed by atoms with Gasteiger partial charge in [0.25, 0.3) is 0 Å². The van der Waals surface area contributed by atoms with E-state index in [2.05, 4.69) is 48.3 Å². The van der Waals surface area contributed by atoms with E-state index in [1.807, 2.05) is 6.92 Å². The van der Waals surface area contributed by atoms with Crippen molar-refractivity contribution < 1.29 is 9.53 Å². The first-order chi connectivity index (χ1) is 12.2. The van der Waals surface area contributed by atoms with E-state index >= 15 is 0 Å². The van der Waals surface area contributed by atoms with E-state index in [1.54, 1.807) is 0 Å². The lowest BCUT2D eigenvalue weighted by molar-refractivity contribution is -0.149. The van der Waals surface area contributed by atoms with Gasteiger partial charge in [-0.15, -0.1) is 0 Å². The molecule has 1 aromatic rings. The fourth-order valence-corrected chi connectivity index (χ4v) is 3.23. The molecule has 2 rings (SSSR count). The molecule has 1 N–H and O–H groups in total. The minimum absolute atomic E-state index is 0.0277. The smallest absolute Gasteiger partial charge is 0.309 e. The summed E-state index contributed by atoms with van der Waals surface area (Å²) in [4.78, 5) is 19.0. The second-order valence-corrected chi connectivity index (χ2v) is 6.31. The van der Waals surface area contributed by atoms with Crippen LogP contribution in [0.3, 0.4) is 0 Å². The van der Waals surface area contributed by atoms with Crippen molar-refractivity contribution in [2.24, 2.45) is 10.9 Å². The van der Waals surface area contributed by atoms with E-state index in [-0.39, 0.29) is 11.9 Å². The number of nitrogens with zero attached hydrogens (tertiary/aromatic N) is 2. The lowest BCUT2D eigenvalue weighted by Crippen LogP contribution is -2.46. The Morgan fingerprint density at radius 3 is 2.48 bits per heavy atom. The Morgan fingerprint density at radius 2 is 1.88 bits per heavy atom. The molecule has 0 atom stereocenters. The Morgan fingerprint density at radius 1 is 1.20 bits per heavy atom. The summed E-state index contributed by atoms with van der Waals surface area (Å²) in [6, 6.07) is 8.47. The van der Waals surface area contributed by atoms with Gasteiger partial charge in [0.15, 0.2) is 5.96 Å². The molecule has 25 heavy (non-hydrogen) atoms. The van der Waals surface area contributed by atoms with E-state index in [1.165, 1.54) is 11.1 Å². The lowest BCUT2D eigenvalue weighted by Gasteiger charge is -2.33. The van der Waals surface area contributed by atoms with Gasteiger partial charge in [0.1, 0.15) is 0 Å². The summed E-state index contributed by atoms with van der Waals surface area (Å²) in [5.74, 6) is 0.913. The van der Waals surface area contributed by atoms with Crippen LogP contribution in [0.2, 0.25) is 0 Å². The van der Waals surface area contributed by atoms with E-state index in [9.17, 15) is 4.79 Å². The molecule has 1 aliphatic heterocycles. The second kappa shape index (κ2) is 10.1. The molecule has 1 heterocycles. The predicted octanol–water partition coefficient (Wildman–Crippen LogP) is 2.99. The maximum atomic E-state index is 11.9. The van der Waals surface area contributed by atoms with Crippen LogP contribution in [0.5, 0.6) is 0 Å². The number of hydrogen-bond donors (Lipinski definition) is 1. The van der Waals surface area contributed by atoms with Crippen LogP contribution in [-0.2, 0) is 22.5 Å². The zero-order valence-electron chi connectivity index (χ0n) is 15.8. The zero-order chi connectivity index (χ0) is 18.1. The van der Waals surface area contributed by atoms with Crippen LogP contribution in [0, 0.1) is 5.92 Å². The summed E-state index contributed by atoms with van der Waals surface area (Å²) < 4.78 is 5.15. The van der Waals surface area contributed by atoms with Crippen molar-refractivity contribution in [2.75, 3.05) is 26.2 Å². The van der Waals surface area contributed by atoms with Crippen molar-refractivity contribution in [2.45, 2.75) is 46.6 Å². The largest absolute Gasteiger partial charge is 0.466 e. The van der Waals surface area contributed by atoms with Gasteiger partial charge in [0, 0.05) is 19.6 Å². The quantitative estimate of drug-likeness (QED) is 0.489. The highest BCUT2D eigenvalue weighted by Gasteiger charge is 2.27. The third-order valence-electron chi connectivity index (χ3n) is 4.65. The molecule has 1 saturated heterocycles. The van der Waals surface area contributed by atoms with Crippen molar-refractivity contribution in [3.05, 3.63) is 35.4 Å². The van der Waals surface area contributed by atoms with E-state index in [0.717, 1.165) is 44.9 Å². The van der Waals surface area contributed by atoms with Gasteiger partial charge in [-0.2, -0.15) is 0 Å². The molecular formula is C20H31N3O2. The van der Waals surface area contributed by atoms with Gasteiger partial charge < -0.3 is 15.0 Å². The molecule has 5 nitrogen and oxygen atoms in total. The molecule has 5 heteroatoms. The number of guanidine groups is 1. The number of likely N-dealkylation sites (tertiary alicyclic amines) is 1. The number of esters is 1. The molecule has 0 unspecified atom stereocenters. The van der Waals surface area contributed by atoms with Gasteiger partial charge >= 0.3 is 5.97 Å². The van der Waals surface area contributed by atoms with Crippen LogP contribution in [0.25, 0.3) is 0 Å². The Hall–Kier alpha value is -2.04. The second-order valence-electron chi connectivity index (χ2n) is 6.31. The molecule has 0 radical (unpaired) electrons. The number of hydrogen-bond acceptors (Lipinski definition) is 3. The number of rotatable bonds is 6. The average Bonchev–Trinajstić information content (AvgIpc) is 2.65. The number of ether oxygens (including phenoxy) is 1. The Kier molecular flexibility index (Phi) is 7.76. The molecule has 1 fully saturated rings. The zero-order valence-corrected chi connectivity index (χ0v) is 15.8. The number of carbonyl (C=O) groups excluding carboxylic acids is 1. The van der Waals surface area contributed by atoms with Crippen molar-refractivity contribution in [1.29, 1.82) is 0 Å². The van der Waals surface area contributed by atoms with Crippen molar-refractivity contribution >= 4 is 11.9 Å². The van der Waals surface area contributed by atoms with Gasteiger partial charge in [-0.05, 0) is 44.2 Å². The first-order valence-electron chi connectivity index (χ1n) is 9.46. The predicted molar refractivity (Wildman–Crippen MR) is 102 cm³/mol. The van der Waals surface area contributed by atoms with Crippen molar-refractivity contribution in [3.8, 4) is 0 Å². The monoisotopic (exact) mass is 345 g/mol. The summed E-state index contributed by atoms with van der Waals surface area (Å²) in [5, 5.41) is 3.39. The highest BCUT2D eigenvalue weighted by Crippen LogP contribution is 2.19. The third-order valence-corrected chi connectivity index (χ3v) is 4.65. The number of piperidine rings is 1. The topological polar surface area (TPSA) is 53.9 Å². The van der Waals surface area contributed by atoms with Gasteiger partial charge in [0.05, 0.1) is 19.1 Å². The standard InChI is InChI=1S/C20H31N3O2/c1-4-16-9-7-8-10-18(16)15-22-20(21-5-2)23-13-11-17(12-14-23)19(24)25-6-3/h7-10,17H,4-6,11-15H2,1-3H3,(H,21,22). The SMILES string of the molecule is CCNC(=NCc1ccccc1CC)N1CCC(C(=O)OCC)CC1. The summed E-state index contributed by atoms with van der Waals surface area (Å²) >= 11 is 0. The number of benzene rings is 1. The molecular weight excluding hydrogens is 314 g/mol. The third kappa shape index (κ3) is 5.48. The van der Waals surface area contributed by atoms with Crippen LogP contribution >= 0.6 is 0 Å². The minimum atomic E-state index is -0.0547. The highest BCUT2D eigenvalue weighted by atomic mass is 16.5. The van der Waals surface area contributed by atoms with Crippen LogP contribution < -0.4 is 5.32 Å². The van der Waals surface area contributed by atoms with Gasteiger partial charge in [-0.25, -0.2) is 4.99 Å². The van der Waals surface area contributed by atoms with Crippen LogP contribution in [0.15, 0.2) is 29.3 Å². The number of aliphatic imine (C=N–C) groups is 1. The van der Waals surface area contributed by atoms with Gasteiger partial charge in [-0.3, -0.25) is 4.79 Å². The normalized spacial score (nSPS) is 16.0. The van der Waals surface area contributed by atoms with Gasteiger partial charge in [-0.1, -0.05) is 31.2 Å². The molecule has 1 aliphatic rings. The number of nitrogens with one attached hydrogen (secondary N) is 1. The fraction of sp³-hybridized carbons (Fsp3) is 0.600. The maximum absolute atomic E-state index is 11.9. The summed E-state index contributed by atoms with van der Waals surface area (Å²) in [6.45, 7) is 9.78. The molecule has 0 aromatic heterocycles. The van der Waals surface area contributed by atoms with Gasteiger partial charge in [0.2, 0.25) is 0 Å². The molecule has 138 valence electrons. The van der Waals surface area contributed by atoms with Crippen molar-refractivity contribution in [3.63, 3.8) is 0 Å². The first kappa shape index (κ1) is 19.3. The molecule has 0 aliphatic carbocycles. The summed E-state index contributed by atoms with van der Waals surface area (Å²) in [7, 11) is 0.